The number of aromatic nitrogens is 1. The lowest BCUT2D eigenvalue weighted by Gasteiger charge is -2.28. The van der Waals surface area contributed by atoms with Crippen LogP contribution in [-0.2, 0) is 0 Å². The summed E-state index contributed by atoms with van der Waals surface area (Å²) >= 11 is 0. The van der Waals surface area contributed by atoms with Gasteiger partial charge in [-0.1, -0.05) is 0 Å². The van der Waals surface area contributed by atoms with Gasteiger partial charge >= 0.3 is 0 Å². The van der Waals surface area contributed by atoms with E-state index >= 15 is 0 Å². The van der Waals surface area contributed by atoms with Gasteiger partial charge in [0, 0.05) is 25.0 Å². The second-order valence-corrected chi connectivity index (χ2v) is 5.23. The van der Waals surface area contributed by atoms with Gasteiger partial charge in [-0.2, -0.15) is 0 Å². The first-order valence-corrected chi connectivity index (χ1v) is 7.65. The van der Waals surface area contributed by atoms with Gasteiger partial charge in [-0.15, -0.1) is 0 Å². The van der Waals surface area contributed by atoms with Crippen LogP contribution in [0.15, 0.2) is 36.7 Å². The molecule has 0 aliphatic rings. The van der Waals surface area contributed by atoms with Gasteiger partial charge in [0.2, 0.25) is 0 Å². The summed E-state index contributed by atoms with van der Waals surface area (Å²) in [7, 11) is 2.86. The van der Waals surface area contributed by atoms with Crippen LogP contribution >= 0.6 is 0 Å². The van der Waals surface area contributed by atoms with Crippen molar-refractivity contribution in [1.29, 1.82) is 0 Å². The van der Waals surface area contributed by atoms with Crippen LogP contribution in [0.3, 0.4) is 0 Å². The van der Waals surface area contributed by atoms with E-state index in [-0.39, 0.29) is 17.4 Å². The zero-order chi connectivity index (χ0) is 17.7. The average Bonchev–Trinajstić information content (AvgIpc) is 2.62. The number of benzene rings is 1. The molecule has 0 saturated heterocycles. The Balaban J connectivity index is 2.38. The first kappa shape index (κ1) is 17.7. The smallest absolute Gasteiger partial charge is 0.257 e. The molecule has 1 atom stereocenters. The molecule has 5 nitrogen and oxygen atoms in total. The Kier molecular flexibility index (Phi) is 5.73. The second kappa shape index (κ2) is 7.77. The van der Waals surface area contributed by atoms with Crippen LogP contribution in [0.2, 0.25) is 0 Å². The number of amides is 1. The molecule has 128 valence electrons. The van der Waals surface area contributed by atoms with Crippen molar-refractivity contribution in [1.82, 2.24) is 9.88 Å². The molecule has 0 aliphatic heterocycles. The van der Waals surface area contributed by atoms with E-state index in [1.54, 1.807) is 17.3 Å². The first-order valence-electron chi connectivity index (χ1n) is 7.65. The summed E-state index contributed by atoms with van der Waals surface area (Å²) < 4.78 is 24.6. The summed E-state index contributed by atoms with van der Waals surface area (Å²) in [6.45, 7) is 4.19. The SMILES string of the molecule is CCN(C(=O)c1cc(OC)c(OC)cc1F)[C@@H](C)c1ccncc1. The number of hydrogen-bond donors (Lipinski definition) is 0. The van der Waals surface area contributed by atoms with Gasteiger partial charge in [0.05, 0.1) is 25.8 Å². The molecule has 2 aromatic rings. The van der Waals surface area contributed by atoms with E-state index in [9.17, 15) is 9.18 Å². The Morgan fingerprint density at radius 2 is 1.79 bits per heavy atom. The summed E-state index contributed by atoms with van der Waals surface area (Å²) in [5.41, 5.74) is 0.886. The Morgan fingerprint density at radius 1 is 1.21 bits per heavy atom. The van der Waals surface area contributed by atoms with E-state index in [1.165, 1.54) is 20.3 Å². The number of nitrogens with zero attached hydrogens (tertiary/aromatic N) is 2. The molecular formula is C18H21FN2O3. The lowest BCUT2D eigenvalue weighted by atomic mass is 10.1. The minimum absolute atomic E-state index is 0.0459. The maximum Gasteiger partial charge on any atom is 0.257 e. The zero-order valence-electron chi connectivity index (χ0n) is 14.2. The van der Waals surface area contributed by atoms with Crippen molar-refractivity contribution in [2.75, 3.05) is 20.8 Å². The third-order valence-corrected chi connectivity index (χ3v) is 3.96. The van der Waals surface area contributed by atoms with E-state index < -0.39 is 11.7 Å². The van der Waals surface area contributed by atoms with Crippen LogP contribution in [0.1, 0.15) is 35.8 Å². The highest BCUT2D eigenvalue weighted by atomic mass is 19.1. The molecular weight excluding hydrogens is 311 g/mol. The monoisotopic (exact) mass is 332 g/mol. The van der Waals surface area contributed by atoms with Crippen LogP contribution in [-0.4, -0.2) is 36.6 Å². The Morgan fingerprint density at radius 3 is 2.33 bits per heavy atom. The van der Waals surface area contributed by atoms with Gasteiger partial charge < -0.3 is 14.4 Å². The van der Waals surface area contributed by atoms with Crippen LogP contribution in [0.4, 0.5) is 4.39 Å². The minimum Gasteiger partial charge on any atom is -0.493 e. The van der Waals surface area contributed by atoms with Crippen molar-refractivity contribution in [2.24, 2.45) is 0 Å². The molecule has 6 heteroatoms. The van der Waals surface area contributed by atoms with Crippen molar-refractivity contribution in [3.8, 4) is 11.5 Å². The Labute approximate surface area is 141 Å². The number of pyridine rings is 1. The third-order valence-electron chi connectivity index (χ3n) is 3.96. The maximum absolute atomic E-state index is 14.4. The normalized spacial score (nSPS) is 11.7. The molecule has 0 bridgehead atoms. The molecule has 1 aromatic carbocycles. The molecule has 0 fully saturated rings. The molecule has 24 heavy (non-hydrogen) atoms. The van der Waals surface area contributed by atoms with Gasteiger partial charge in [-0.05, 0) is 37.6 Å². The van der Waals surface area contributed by atoms with Crippen LogP contribution in [0.5, 0.6) is 11.5 Å². The van der Waals surface area contributed by atoms with Crippen LogP contribution in [0, 0.1) is 5.82 Å². The van der Waals surface area contributed by atoms with E-state index in [2.05, 4.69) is 4.98 Å². The topological polar surface area (TPSA) is 51.7 Å². The van der Waals surface area contributed by atoms with E-state index in [1.807, 2.05) is 26.0 Å². The first-order chi connectivity index (χ1) is 11.5. The largest absolute Gasteiger partial charge is 0.493 e. The van der Waals surface area contributed by atoms with Crippen molar-refractivity contribution in [2.45, 2.75) is 19.9 Å². The van der Waals surface area contributed by atoms with Crippen molar-refractivity contribution < 1.29 is 18.7 Å². The molecule has 0 radical (unpaired) electrons. The number of methoxy groups -OCH3 is 2. The molecule has 0 aliphatic carbocycles. The lowest BCUT2D eigenvalue weighted by Crippen LogP contribution is -2.34. The van der Waals surface area contributed by atoms with Gasteiger partial charge in [0.15, 0.2) is 11.5 Å². The quantitative estimate of drug-likeness (QED) is 0.813. The zero-order valence-corrected chi connectivity index (χ0v) is 14.2. The molecule has 0 spiro atoms. The maximum atomic E-state index is 14.4. The van der Waals surface area contributed by atoms with Crippen LogP contribution < -0.4 is 9.47 Å². The molecule has 0 saturated carbocycles. The highest BCUT2D eigenvalue weighted by Crippen LogP contribution is 2.31. The highest BCUT2D eigenvalue weighted by molar-refractivity contribution is 5.95. The Hall–Kier alpha value is -2.63. The standard InChI is InChI=1S/C18H21FN2O3/c1-5-21(12(2)13-6-8-20-9-7-13)18(22)14-10-16(23-3)17(24-4)11-15(14)19/h6-12H,5H2,1-4H3/t12-/m0/s1. The highest BCUT2D eigenvalue weighted by Gasteiger charge is 2.25. The number of carbonyl (C=O) groups excluding carboxylic acids is 1. The van der Waals surface area contributed by atoms with Gasteiger partial charge in [0.1, 0.15) is 5.82 Å². The lowest BCUT2D eigenvalue weighted by molar-refractivity contribution is 0.0697. The predicted octanol–water partition coefficient (Wildman–Crippen LogP) is 3.46. The van der Waals surface area contributed by atoms with Crippen molar-refractivity contribution in [3.05, 3.63) is 53.6 Å². The van der Waals surface area contributed by atoms with Gasteiger partial charge in [-0.25, -0.2) is 4.39 Å². The fourth-order valence-corrected chi connectivity index (χ4v) is 2.59. The third kappa shape index (κ3) is 3.48. The Bertz CT molecular complexity index is 707. The number of carbonyl (C=O) groups is 1. The predicted molar refractivity (Wildman–Crippen MR) is 88.9 cm³/mol. The molecule has 1 aromatic heterocycles. The summed E-state index contributed by atoms with van der Waals surface area (Å²) in [5, 5.41) is 0. The summed E-state index contributed by atoms with van der Waals surface area (Å²) in [6.07, 6.45) is 3.34. The molecule has 2 rings (SSSR count). The van der Waals surface area contributed by atoms with Crippen molar-refractivity contribution >= 4 is 5.91 Å². The molecule has 0 N–H and O–H groups in total. The number of ether oxygens (including phenoxy) is 2. The number of rotatable bonds is 6. The summed E-state index contributed by atoms with van der Waals surface area (Å²) in [5.74, 6) is -0.482. The van der Waals surface area contributed by atoms with E-state index in [4.69, 9.17) is 9.47 Å². The minimum atomic E-state index is -0.641. The average molecular weight is 332 g/mol. The molecule has 1 amide bonds. The van der Waals surface area contributed by atoms with Crippen LogP contribution in [0.25, 0.3) is 0 Å². The fourth-order valence-electron chi connectivity index (χ4n) is 2.59. The molecule has 1 heterocycles. The number of hydrogen-bond acceptors (Lipinski definition) is 4. The second-order valence-electron chi connectivity index (χ2n) is 5.23. The van der Waals surface area contributed by atoms with Crippen molar-refractivity contribution in [3.63, 3.8) is 0 Å². The van der Waals surface area contributed by atoms with Gasteiger partial charge in [-0.3, -0.25) is 9.78 Å². The van der Waals surface area contributed by atoms with Gasteiger partial charge in [0.25, 0.3) is 5.91 Å². The number of halogens is 1. The van der Waals surface area contributed by atoms with E-state index in [0.717, 1.165) is 11.6 Å². The fraction of sp³-hybridized carbons (Fsp3) is 0.333. The summed E-state index contributed by atoms with van der Waals surface area (Å²) in [6, 6.07) is 6.00. The molecule has 0 unspecified atom stereocenters. The summed E-state index contributed by atoms with van der Waals surface area (Å²) in [4.78, 5) is 18.4. The van der Waals surface area contributed by atoms with E-state index in [0.29, 0.717) is 12.3 Å².